The van der Waals surface area contributed by atoms with Crippen molar-refractivity contribution in [3.05, 3.63) is 211 Å². The summed E-state index contributed by atoms with van der Waals surface area (Å²) in [5.74, 6) is 0. The van der Waals surface area contributed by atoms with Gasteiger partial charge in [-0.05, 0) is 102 Å². The summed E-state index contributed by atoms with van der Waals surface area (Å²) in [6.45, 7) is 4.60. The fraction of sp³-hybridized carbons (Fsp3) is 0.0566. The van der Waals surface area contributed by atoms with E-state index in [4.69, 9.17) is 9.60 Å². The van der Waals surface area contributed by atoms with Gasteiger partial charge in [0.05, 0.1) is 15.3 Å². The minimum absolute atomic E-state index is 0.0504. The molecular formula is C53H39N. The predicted molar refractivity (Wildman–Crippen MR) is 230 cm³/mol. The lowest BCUT2D eigenvalue weighted by Crippen LogP contribution is -2.16. The highest BCUT2D eigenvalue weighted by atomic mass is 15.1. The van der Waals surface area contributed by atoms with Gasteiger partial charge in [0.1, 0.15) is 0 Å². The fourth-order valence-electron chi connectivity index (χ4n) is 8.28. The van der Waals surface area contributed by atoms with Gasteiger partial charge in [-0.15, -0.1) is 0 Å². The second-order valence-electron chi connectivity index (χ2n) is 14.4. The van der Waals surface area contributed by atoms with Crippen molar-refractivity contribution >= 4 is 38.6 Å². The number of hydrogen-bond acceptors (Lipinski definition) is 1. The summed E-state index contributed by atoms with van der Waals surface area (Å²) in [4.78, 5) is 2.34. The monoisotopic (exact) mass is 696 g/mol. The first kappa shape index (κ1) is 25.3. The molecule has 0 saturated carbocycles. The Bertz CT molecular complexity index is 3210. The molecule has 0 saturated heterocycles. The lowest BCUT2D eigenvalue weighted by Gasteiger charge is -2.29. The third-order valence-corrected chi connectivity index (χ3v) is 11.0. The zero-order valence-corrected chi connectivity index (χ0v) is 30.0. The van der Waals surface area contributed by atoms with Gasteiger partial charge in [-0.25, -0.2) is 0 Å². The van der Waals surface area contributed by atoms with Crippen molar-refractivity contribution < 1.29 is 9.60 Å². The van der Waals surface area contributed by atoms with Crippen LogP contribution in [0.1, 0.15) is 34.6 Å². The van der Waals surface area contributed by atoms with E-state index in [2.05, 4.69) is 152 Å². The average Bonchev–Trinajstić information content (AvgIpc) is 3.53. The van der Waals surface area contributed by atoms with Crippen LogP contribution in [0.25, 0.3) is 66.1 Å². The first-order valence-electron chi connectivity index (χ1n) is 21.8. The second kappa shape index (κ2) is 12.8. The quantitative estimate of drug-likeness (QED) is 0.167. The van der Waals surface area contributed by atoms with Crippen molar-refractivity contribution in [2.24, 2.45) is 0 Å². The summed E-state index contributed by atoms with van der Waals surface area (Å²) in [6.07, 6.45) is 0. The Morgan fingerprint density at radius 2 is 0.963 bits per heavy atom. The van der Waals surface area contributed by atoms with Crippen LogP contribution in [-0.2, 0) is 5.41 Å². The summed E-state index contributed by atoms with van der Waals surface area (Å²) < 4.78 is 59.5. The molecule has 1 heteroatoms. The number of anilines is 3. The molecule has 0 bridgehead atoms. The van der Waals surface area contributed by atoms with Gasteiger partial charge in [0.15, 0.2) is 0 Å². The second-order valence-corrected chi connectivity index (χ2v) is 14.4. The van der Waals surface area contributed by atoms with Crippen LogP contribution in [0.4, 0.5) is 17.1 Å². The van der Waals surface area contributed by atoms with Crippen LogP contribution in [0.3, 0.4) is 0 Å². The number of nitrogens with zero attached hydrogens (tertiary/aromatic N) is 1. The van der Waals surface area contributed by atoms with Crippen molar-refractivity contribution in [3.8, 4) is 44.5 Å². The van der Waals surface area contributed by atoms with E-state index in [0.29, 0.717) is 5.56 Å². The Hall–Kier alpha value is -6.70. The summed E-state index contributed by atoms with van der Waals surface area (Å²) >= 11 is 0. The molecule has 256 valence electrons. The average molecular weight is 697 g/mol. The molecule has 1 aliphatic carbocycles. The molecule has 0 N–H and O–H groups in total. The zero-order valence-electron chi connectivity index (χ0n) is 37.0. The largest absolute Gasteiger partial charge is 0.310 e. The predicted octanol–water partition coefficient (Wildman–Crippen LogP) is 14.8. The maximum atomic E-state index is 8.80. The van der Waals surface area contributed by atoms with E-state index in [-0.39, 0.29) is 52.0 Å². The van der Waals surface area contributed by atoms with Crippen LogP contribution in [0.2, 0.25) is 0 Å². The highest BCUT2D eigenvalue weighted by Gasteiger charge is 2.37. The maximum Gasteiger partial charge on any atom is 0.0629 e. The lowest BCUT2D eigenvalue weighted by atomic mass is 9.82. The zero-order chi connectivity index (χ0) is 42.3. The fourth-order valence-corrected chi connectivity index (χ4v) is 8.28. The van der Waals surface area contributed by atoms with Crippen molar-refractivity contribution in [1.29, 1.82) is 0 Å². The van der Waals surface area contributed by atoms with Gasteiger partial charge in [-0.1, -0.05) is 184 Å². The smallest absolute Gasteiger partial charge is 0.0629 e. The van der Waals surface area contributed by atoms with Crippen LogP contribution in [0.15, 0.2) is 200 Å². The van der Waals surface area contributed by atoms with Gasteiger partial charge >= 0.3 is 0 Å². The van der Waals surface area contributed by atoms with Crippen molar-refractivity contribution in [1.82, 2.24) is 0 Å². The van der Waals surface area contributed by atoms with Gasteiger partial charge in [0.2, 0.25) is 0 Å². The molecule has 1 aliphatic rings. The molecule has 0 aromatic heterocycles. The molecule has 0 atom stereocenters. The van der Waals surface area contributed by atoms with Crippen LogP contribution in [0, 0.1) is 0 Å². The molecule has 0 radical (unpaired) electrons. The van der Waals surface area contributed by atoms with Gasteiger partial charge in [0.25, 0.3) is 0 Å². The Kier molecular flexibility index (Phi) is 5.98. The molecule has 0 aliphatic heterocycles. The third kappa shape index (κ3) is 5.24. The molecular weight excluding hydrogens is 651 g/mol. The molecule has 9 aromatic carbocycles. The minimum Gasteiger partial charge on any atom is -0.310 e. The Morgan fingerprint density at radius 1 is 0.407 bits per heavy atom. The minimum atomic E-state index is -0.463. The number of fused-ring (bicyclic) bond motifs is 5. The first-order chi connectivity index (χ1) is 29.5. The van der Waals surface area contributed by atoms with E-state index in [9.17, 15) is 0 Å². The Balaban J connectivity index is 1.07. The molecule has 0 amide bonds. The molecule has 1 nitrogen and oxygen atoms in total. The number of hydrogen-bond donors (Lipinski definition) is 0. The highest BCUT2D eigenvalue weighted by Crippen LogP contribution is 2.54. The number of rotatable bonds is 6. The van der Waals surface area contributed by atoms with E-state index in [1.54, 1.807) is 0 Å². The van der Waals surface area contributed by atoms with Crippen LogP contribution in [-0.4, -0.2) is 0 Å². The van der Waals surface area contributed by atoms with E-state index in [1.807, 2.05) is 24.3 Å². The normalized spacial score (nSPS) is 14.6. The first-order valence-corrected chi connectivity index (χ1v) is 18.3. The molecule has 54 heavy (non-hydrogen) atoms. The summed E-state index contributed by atoms with van der Waals surface area (Å²) in [5, 5.41) is 2.45. The highest BCUT2D eigenvalue weighted by molar-refractivity contribution is 5.99. The third-order valence-electron chi connectivity index (χ3n) is 11.0. The van der Waals surface area contributed by atoms with E-state index in [0.717, 1.165) is 33.8 Å². The molecule has 0 fully saturated rings. The van der Waals surface area contributed by atoms with Gasteiger partial charge in [-0.2, -0.15) is 0 Å². The van der Waals surface area contributed by atoms with Crippen LogP contribution in [0.5, 0.6) is 0 Å². The molecule has 0 spiro atoms. The summed E-state index contributed by atoms with van der Waals surface area (Å²) in [5.41, 5.74) is 13.0. The molecule has 0 heterocycles. The maximum absolute atomic E-state index is 8.80. The van der Waals surface area contributed by atoms with Gasteiger partial charge in [-0.3, -0.25) is 0 Å². The van der Waals surface area contributed by atoms with Crippen LogP contribution >= 0.6 is 0 Å². The van der Waals surface area contributed by atoms with Crippen molar-refractivity contribution in [2.45, 2.75) is 19.3 Å². The topological polar surface area (TPSA) is 3.24 Å². The van der Waals surface area contributed by atoms with E-state index >= 15 is 0 Å². The summed E-state index contributed by atoms with van der Waals surface area (Å²) in [6, 6.07) is 52.4. The van der Waals surface area contributed by atoms with Crippen molar-refractivity contribution in [2.75, 3.05) is 4.90 Å². The van der Waals surface area contributed by atoms with Crippen LogP contribution < -0.4 is 4.90 Å². The molecule has 0 unspecified atom stereocenters. The molecule has 10 rings (SSSR count). The Morgan fingerprint density at radius 3 is 1.76 bits per heavy atom. The van der Waals surface area contributed by atoms with E-state index in [1.165, 1.54) is 38.6 Å². The molecule has 9 aromatic rings. The number of benzene rings is 9. The summed E-state index contributed by atoms with van der Waals surface area (Å²) in [7, 11) is 0. The lowest BCUT2D eigenvalue weighted by molar-refractivity contribution is 0.660. The van der Waals surface area contributed by atoms with Gasteiger partial charge in [0, 0.05) is 22.4 Å². The SMILES string of the molecule is [2H]c1c([2H])c([2H])c2c(-c3ccc(-c4ccc(N(c5ccc(-c6cccc7ccccc67)cc5)c5cccc6c5-c5ccccc5C6(C)C)cc4)cc3)c([2H])c([2H])c([2H])c2c1[2H]. The van der Waals surface area contributed by atoms with Crippen molar-refractivity contribution in [3.63, 3.8) is 0 Å². The standard InChI is InChI=1S/C53H39N/c1-53(2)49-21-8-7-18-48(49)52-50(53)22-11-23-51(52)54(43-34-30-41(31-35-43)47-20-10-15-39-13-4-6-17-45(39)47)42-32-28-37(29-33-42)36-24-26-40(27-25-36)46-19-9-14-38-12-3-5-16-44(38)46/h3-35H,1-2H3/i3D,5D,9D,12D,14D,16D,19D. The van der Waals surface area contributed by atoms with Gasteiger partial charge < -0.3 is 4.90 Å². The Labute approximate surface area is 327 Å². The van der Waals surface area contributed by atoms with E-state index < -0.39 is 12.1 Å².